The maximum Gasteiger partial charge on any atom is 0.341 e. The van der Waals surface area contributed by atoms with Crippen molar-refractivity contribution in [3.63, 3.8) is 0 Å². The van der Waals surface area contributed by atoms with Crippen LogP contribution in [0.1, 0.15) is 33.6 Å². The minimum absolute atomic E-state index is 0.162. The average molecular weight is 350 g/mol. The Balaban J connectivity index is 2.15. The lowest BCUT2D eigenvalue weighted by atomic mass is 9.97. The fourth-order valence-corrected chi connectivity index (χ4v) is 3.85. The molecule has 0 spiro atoms. The highest BCUT2D eigenvalue weighted by Gasteiger charge is 2.29. The van der Waals surface area contributed by atoms with Crippen molar-refractivity contribution in [1.82, 2.24) is 4.90 Å². The van der Waals surface area contributed by atoms with E-state index in [1.165, 1.54) is 24.5 Å². The van der Waals surface area contributed by atoms with E-state index in [1.54, 1.807) is 4.90 Å². The number of anilines is 1. The van der Waals surface area contributed by atoms with Gasteiger partial charge in [-0.25, -0.2) is 4.79 Å². The predicted octanol–water partition coefficient (Wildman–Crippen LogP) is 2.51. The third-order valence-corrected chi connectivity index (χ3v) is 5.41. The van der Waals surface area contributed by atoms with Crippen LogP contribution in [-0.4, -0.2) is 42.9 Å². The first-order chi connectivity index (χ1) is 11.4. The molecule has 1 aliphatic rings. The Morgan fingerprint density at radius 2 is 2.08 bits per heavy atom. The van der Waals surface area contributed by atoms with Crippen molar-refractivity contribution in [1.29, 1.82) is 0 Å². The van der Waals surface area contributed by atoms with Crippen LogP contribution in [0.4, 0.5) is 5.00 Å². The normalized spacial score (nSPS) is 17.3. The van der Waals surface area contributed by atoms with E-state index in [0.29, 0.717) is 30.1 Å². The van der Waals surface area contributed by atoms with E-state index in [1.807, 2.05) is 13.8 Å². The number of esters is 1. The molecule has 2 rings (SSSR count). The van der Waals surface area contributed by atoms with Crippen LogP contribution >= 0.6 is 11.3 Å². The van der Waals surface area contributed by atoms with Crippen molar-refractivity contribution >= 4 is 34.1 Å². The Morgan fingerprint density at radius 1 is 1.38 bits per heavy atom. The molecule has 2 amide bonds. The third kappa shape index (κ3) is 3.67. The largest absolute Gasteiger partial charge is 0.465 e. The lowest BCUT2D eigenvalue weighted by Crippen LogP contribution is -2.43. The molecule has 1 aromatic heterocycles. The number of nitrogens with one attached hydrogen (secondary N) is 1. The van der Waals surface area contributed by atoms with E-state index in [-0.39, 0.29) is 17.7 Å². The van der Waals surface area contributed by atoms with Crippen molar-refractivity contribution in [3.8, 4) is 0 Å². The van der Waals surface area contributed by atoms with E-state index >= 15 is 0 Å². The number of amides is 2. The molecule has 1 unspecified atom stereocenters. The Morgan fingerprint density at radius 3 is 2.71 bits per heavy atom. The van der Waals surface area contributed by atoms with Gasteiger partial charge in [0.2, 0.25) is 11.8 Å². The topological polar surface area (TPSA) is 75.7 Å². The van der Waals surface area contributed by atoms with Crippen molar-refractivity contribution < 1.29 is 19.1 Å². The van der Waals surface area contributed by atoms with Gasteiger partial charge in [-0.1, -0.05) is 6.58 Å². The Bertz CT molecular complexity index is 680. The minimum atomic E-state index is -0.459. The molecule has 24 heavy (non-hydrogen) atoms. The van der Waals surface area contributed by atoms with Gasteiger partial charge in [0, 0.05) is 18.0 Å². The maximum absolute atomic E-state index is 12.6. The van der Waals surface area contributed by atoms with E-state index in [2.05, 4.69) is 11.9 Å². The quantitative estimate of drug-likeness (QED) is 0.669. The summed E-state index contributed by atoms with van der Waals surface area (Å²) in [6.45, 7) is 8.22. The molecular formula is C17H22N2O4S. The molecule has 1 N–H and O–H groups in total. The molecule has 0 radical (unpaired) electrons. The van der Waals surface area contributed by atoms with Crippen LogP contribution in [-0.2, 0) is 14.3 Å². The summed E-state index contributed by atoms with van der Waals surface area (Å²) in [5, 5.41) is 3.36. The van der Waals surface area contributed by atoms with Gasteiger partial charge in [0.25, 0.3) is 0 Å². The van der Waals surface area contributed by atoms with Gasteiger partial charge in [-0.05, 0) is 38.3 Å². The number of piperidine rings is 1. The van der Waals surface area contributed by atoms with Gasteiger partial charge < -0.3 is 15.0 Å². The lowest BCUT2D eigenvalue weighted by Gasteiger charge is -2.31. The van der Waals surface area contributed by atoms with E-state index in [4.69, 9.17) is 4.74 Å². The second kappa shape index (κ2) is 7.61. The van der Waals surface area contributed by atoms with Crippen LogP contribution in [0.2, 0.25) is 0 Å². The monoisotopic (exact) mass is 350 g/mol. The van der Waals surface area contributed by atoms with E-state index in [9.17, 15) is 14.4 Å². The summed E-state index contributed by atoms with van der Waals surface area (Å²) in [7, 11) is 1.32. The van der Waals surface area contributed by atoms with Gasteiger partial charge in [0.05, 0.1) is 18.6 Å². The zero-order valence-electron chi connectivity index (χ0n) is 14.2. The molecule has 0 aliphatic carbocycles. The van der Waals surface area contributed by atoms with E-state index < -0.39 is 5.97 Å². The number of thiophene rings is 1. The number of hydrogen-bond donors (Lipinski definition) is 1. The fraction of sp³-hybridized carbons (Fsp3) is 0.471. The summed E-state index contributed by atoms with van der Waals surface area (Å²) < 4.78 is 4.81. The molecule has 1 fully saturated rings. The standard InChI is InChI=1S/C17H22N2O4S/c1-5-13(20)19-8-6-7-12(9-19)15(21)18-16-14(17(22)23-4)10(2)11(3)24-16/h5,12H,1,6-9H2,2-4H3,(H,18,21). The summed E-state index contributed by atoms with van der Waals surface area (Å²) in [6, 6.07) is 0. The predicted molar refractivity (Wildman–Crippen MR) is 93.3 cm³/mol. The van der Waals surface area contributed by atoms with Gasteiger partial charge >= 0.3 is 5.97 Å². The summed E-state index contributed by atoms with van der Waals surface area (Å²) in [5.74, 6) is -1.09. The average Bonchev–Trinajstić information content (AvgIpc) is 2.87. The molecular weight excluding hydrogens is 328 g/mol. The Kier molecular flexibility index (Phi) is 5.77. The summed E-state index contributed by atoms with van der Waals surface area (Å²) in [4.78, 5) is 38.9. The maximum atomic E-state index is 12.6. The summed E-state index contributed by atoms with van der Waals surface area (Å²) in [5.41, 5.74) is 1.22. The SMILES string of the molecule is C=CC(=O)N1CCCC(C(=O)Nc2sc(C)c(C)c2C(=O)OC)C1. The number of carbonyl (C=O) groups is 3. The zero-order valence-corrected chi connectivity index (χ0v) is 15.0. The van der Waals surface area contributed by atoms with Gasteiger partial charge in [-0.2, -0.15) is 0 Å². The number of likely N-dealkylation sites (tertiary alicyclic amines) is 1. The van der Waals surface area contributed by atoms with Gasteiger partial charge in [-0.3, -0.25) is 9.59 Å². The van der Waals surface area contributed by atoms with Crippen LogP contribution in [0.5, 0.6) is 0 Å². The number of rotatable bonds is 4. The number of carbonyl (C=O) groups excluding carboxylic acids is 3. The second-order valence-corrected chi connectivity index (χ2v) is 7.02. The molecule has 130 valence electrons. The molecule has 1 aromatic rings. The molecule has 1 aliphatic heterocycles. The first-order valence-corrected chi connectivity index (χ1v) is 8.61. The molecule has 1 saturated heterocycles. The van der Waals surface area contributed by atoms with Gasteiger partial charge in [0.15, 0.2) is 0 Å². The number of hydrogen-bond acceptors (Lipinski definition) is 5. The molecule has 1 atom stereocenters. The smallest absolute Gasteiger partial charge is 0.341 e. The molecule has 0 aromatic carbocycles. The van der Waals surface area contributed by atoms with Crippen molar-refractivity contribution in [2.75, 3.05) is 25.5 Å². The molecule has 0 bridgehead atoms. The van der Waals surface area contributed by atoms with Crippen LogP contribution in [0, 0.1) is 19.8 Å². The second-order valence-electron chi connectivity index (χ2n) is 5.80. The molecule has 2 heterocycles. The molecule has 0 saturated carbocycles. The minimum Gasteiger partial charge on any atom is -0.465 e. The van der Waals surface area contributed by atoms with Crippen molar-refractivity contribution in [2.24, 2.45) is 5.92 Å². The third-order valence-electron chi connectivity index (χ3n) is 4.29. The van der Waals surface area contributed by atoms with Crippen LogP contribution < -0.4 is 5.32 Å². The Hall–Kier alpha value is -2.15. The van der Waals surface area contributed by atoms with Crippen LogP contribution in [0.15, 0.2) is 12.7 Å². The lowest BCUT2D eigenvalue weighted by molar-refractivity contribution is -0.130. The highest BCUT2D eigenvalue weighted by molar-refractivity contribution is 7.16. The van der Waals surface area contributed by atoms with Gasteiger partial charge in [-0.15, -0.1) is 11.3 Å². The number of ether oxygens (including phenoxy) is 1. The van der Waals surface area contributed by atoms with E-state index in [0.717, 1.165) is 16.9 Å². The number of methoxy groups -OCH3 is 1. The summed E-state index contributed by atoms with van der Waals surface area (Å²) >= 11 is 1.36. The molecule has 6 nitrogen and oxygen atoms in total. The highest BCUT2D eigenvalue weighted by atomic mass is 32.1. The highest BCUT2D eigenvalue weighted by Crippen LogP contribution is 2.33. The van der Waals surface area contributed by atoms with Crippen LogP contribution in [0.25, 0.3) is 0 Å². The fourth-order valence-electron chi connectivity index (χ4n) is 2.80. The molecule has 7 heteroatoms. The van der Waals surface area contributed by atoms with Crippen molar-refractivity contribution in [2.45, 2.75) is 26.7 Å². The summed E-state index contributed by atoms with van der Waals surface area (Å²) in [6.07, 6.45) is 2.75. The van der Waals surface area contributed by atoms with Crippen LogP contribution in [0.3, 0.4) is 0 Å². The first kappa shape index (κ1) is 18.2. The Labute approximate surface area is 145 Å². The van der Waals surface area contributed by atoms with Crippen molar-refractivity contribution in [3.05, 3.63) is 28.7 Å². The van der Waals surface area contributed by atoms with Gasteiger partial charge in [0.1, 0.15) is 5.00 Å². The number of aryl methyl sites for hydroxylation is 1. The number of nitrogens with zero attached hydrogens (tertiary/aromatic N) is 1. The zero-order chi connectivity index (χ0) is 17.9. The first-order valence-electron chi connectivity index (χ1n) is 7.79.